The van der Waals surface area contributed by atoms with Crippen molar-refractivity contribution in [3.63, 3.8) is 0 Å². The molecule has 1 unspecified atom stereocenters. The van der Waals surface area contributed by atoms with Crippen LogP contribution in [0.3, 0.4) is 0 Å². The number of nitrogens with zero attached hydrogens (tertiary/aromatic N) is 3. The molecule has 18 heavy (non-hydrogen) atoms. The van der Waals surface area contributed by atoms with E-state index < -0.39 is 0 Å². The molecule has 0 spiro atoms. The molecule has 3 rings (SSSR count). The fourth-order valence-corrected chi connectivity index (χ4v) is 2.95. The van der Waals surface area contributed by atoms with E-state index in [0.717, 1.165) is 37.4 Å². The molecule has 0 amide bonds. The Bertz CT molecular complexity index is 494. The lowest BCUT2D eigenvalue weighted by molar-refractivity contribution is 0.500. The maximum absolute atomic E-state index is 5.97. The molecule has 0 aliphatic carbocycles. The largest absolute Gasteiger partial charge is 0.339 e. The number of thiophene rings is 1. The van der Waals surface area contributed by atoms with Crippen molar-refractivity contribution in [1.29, 1.82) is 0 Å². The summed E-state index contributed by atoms with van der Waals surface area (Å²) in [6.07, 6.45) is 6.02. The van der Waals surface area contributed by atoms with E-state index in [1.54, 1.807) is 11.3 Å². The van der Waals surface area contributed by atoms with Crippen molar-refractivity contribution in [2.45, 2.75) is 18.9 Å². The first-order chi connectivity index (χ1) is 8.83. The molecule has 2 aromatic rings. The van der Waals surface area contributed by atoms with Crippen LogP contribution in [0.2, 0.25) is 0 Å². The third-order valence-corrected chi connectivity index (χ3v) is 4.10. The van der Waals surface area contributed by atoms with E-state index in [9.17, 15) is 0 Å². The zero-order valence-corrected chi connectivity index (χ0v) is 10.9. The van der Waals surface area contributed by atoms with Crippen molar-refractivity contribution in [3.8, 4) is 10.4 Å². The molecule has 1 atom stereocenters. The quantitative estimate of drug-likeness (QED) is 0.898. The van der Waals surface area contributed by atoms with Crippen LogP contribution in [0.25, 0.3) is 10.4 Å². The summed E-state index contributed by atoms with van der Waals surface area (Å²) >= 11 is 1.70. The average Bonchev–Trinajstić information content (AvgIpc) is 2.93. The Hall–Kier alpha value is -1.46. The van der Waals surface area contributed by atoms with Crippen LogP contribution in [0.5, 0.6) is 0 Å². The van der Waals surface area contributed by atoms with Gasteiger partial charge in [-0.1, -0.05) is 6.07 Å². The number of anilines is 1. The smallest absolute Gasteiger partial charge is 0.225 e. The normalized spacial score (nSPS) is 20.1. The van der Waals surface area contributed by atoms with Gasteiger partial charge in [0.05, 0.1) is 0 Å². The Morgan fingerprint density at radius 2 is 2.17 bits per heavy atom. The first-order valence-corrected chi connectivity index (χ1v) is 7.07. The number of hydrogen-bond acceptors (Lipinski definition) is 5. The van der Waals surface area contributed by atoms with E-state index in [4.69, 9.17) is 5.73 Å². The van der Waals surface area contributed by atoms with Gasteiger partial charge in [0.2, 0.25) is 5.95 Å². The lowest BCUT2D eigenvalue weighted by Gasteiger charge is -2.30. The predicted molar refractivity (Wildman–Crippen MR) is 74.8 cm³/mol. The molecule has 4 nitrogen and oxygen atoms in total. The zero-order valence-electron chi connectivity index (χ0n) is 10.1. The summed E-state index contributed by atoms with van der Waals surface area (Å²) in [4.78, 5) is 12.3. The van der Waals surface area contributed by atoms with Crippen LogP contribution in [0, 0.1) is 0 Å². The molecule has 1 saturated heterocycles. The van der Waals surface area contributed by atoms with E-state index in [1.165, 1.54) is 4.88 Å². The molecule has 1 aliphatic rings. The van der Waals surface area contributed by atoms with Gasteiger partial charge in [-0.3, -0.25) is 0 Å². The molecule has 0 bridgehead atoms. The lowest BCUT2D eigenvalue weighted by atomic mass is 10.1. The Morgan fingerprint density at radius 1 is 1.33 bits per heavy atom. The Morgan fingerprint density at radius 3 is 2.83 bits per heavy atom. The highest BCUT2D eigenvalue weighted by molar-refractivity contribution is 7.13. The number of aromatic nitrogens is 2. The summed E-state index contributed by atoms with van der Waals surface area (Å²) in [6, 6.07) is 4.37. The van der Waals surface area contributed by atoms with Crippen molar-refractivity contribution < 1.29 is 0 Å². The second kappa shape index (κ2) is 5.04. The molecule has 5 heteroatoms. The van der Waals surface area contributed by atoms with E-state index in [2.05, 4.69) is 26.3 Å². The maximum Gasteiger partial charge on any atom is 0.225 e. The molecule has 1 aliphatic heterocycles. The number of nitrogens with two attached hydrogens (primary N) is 1. The fraction of sp³-hybridized carbons (Fsp3) is 0.385. The van der Waals surface area contributed by atoms with Crippen molar-refractivity contribution in [1.82, 2.24) is 9.97 Å². The third-order valence-electron chi connectivity index (χ3n) is 3.18. The highest BCUT2D eigenvalue weighted by atomic mass is 32.1. The lowest BCUT2D eigenvalue weighted by Crippen LogP contribution is -2.43. The van der Waals surface area contributed by atoms with Crippen molar-refractivity contribution in [2.24, 2.45) is 5.73 Å². The topological polar surface area (TPSA) is 55.0 Å². The summed E-state index contributed by atoms with van der Waals surface area (Å²) in [5.41, 5.74) is 7.05. The van der Waals surface area contributed by atoms with Crippen LogP contribution in [0.4, 0.5) is 5.95 Å². The minimum Gasteiger partial charge on any atom is -0.339 e. The number of piperidine rings is 1. The van der Waals surface area contributed by atoms with Gasteiger partial charge in [0.15, 0.2) is 0 Å². The fourth-order valence-electron chi connectivity index (χ4n) is 2.25. The van der Waals surface area contributed by atoms with Crippen molar-refractivity contribution >= 4 is 17.3 Å². The van der Waals surface area contributed by atoms with Crippen LogP contribution < -0.4 is 10.6 Å². The third kappa shape index (κ3) is 2.37. The van der Waals surface area contributed by atoms with Gasteiger partial charge in [0.25, 0.3) is 0 Å². The zero-order chi connectivity index (χ0) is 12.4. The maximum atomic E-state index is 5.97. The second-order valence-electron chi connectivity index (χ2n) is 4.60. The summed E-state index contributed by atoms with van der Waals surface area (Å²) in [6.45, 7) is 1.87. The molecular formula is C13H16N4S. The van der Waals surface area contributed by atoms with Gasteiger partial charge in [0, 0.05) is 42.0 Å². The summed E-state index contributed by atoms with van der Waals surface area (Å²) in [7, 11) is 0. The van der Waals surface area contributed by atoms with Crippen LogP contribution in [-0.2, 0) is 0 Å². The highest BCUT2D eigenvalue weighted by Gasteiger charge is 2.18. The van der Waals surface area contributed by atoms with Crippen LogP contribution in [0.1, 0.15) is 12.8 Å². The first kappa shape index (κ1) is 11.6. The minimum absolute atomic E-state index is 0.249. The second-order valence-corrected chi connectivity index (χ2v) is 5.55. The molecule has 0 radical (unpaired) electrons. The van der Waals surface area contributed by atoms with E-state index >= 15 is 0 Å². The van der Waals surface area contributed by atoms with Gasteiger partial charge >= 0.3 is 0 Å². The SMILES string of the molecule is NC1CCCN(c2ncc(-c3cccs3)cn2)C1. The minimum atomic E-state index is 0.249. The molecule has 0 saturated carbocycles. The van der Waals surface area contributed by atoms with Gasteiger partial charge < -0.3 is 10.6 Å². The summed E-state index contributed by atoms with van der Waals surface area (Å²) in [5, 5.41) is 2.06. The van der Waals surface area contributed by atoms with E-state index in [1.807, 2.05) is 18.5 Å². The molecule has 0 aromatic carbocycles. The molecule has 1 fully saturated rings. The van der Waals surface area contributed by atoms with Gasteiger partial charge in [-0.15, -0.1) is 11.3 Å². The molecule has 3 heterocycles. The number of rotatable bonds is 2. The standard InChI is InChI=1S/C13H16N4S/c14-11-3-1-5-17(9-11)13-15-7-10(8-16-13)12-4-2-6-18-12/h2,4,6-8,11H,1,3,5,9,14H2. The van der Waals surface area contributed by atoms with Gasteiger partial charge in [0.1, 0.15) is 0 Å². The summed E-state index contributed by atoms with van der Waals surface area (Å²) in [5.74, 6) is 0.797. The molecular weight excluding hydrogens is 244 g/mol. The van der Waals surface area contributed by atoms with Crippen molar-refractivity contribution in [2.75, 3.05) is 18.0 Å². The highest BCUT2D eigenvalue weighted by Crippen LogP contribution is 2.24. The molecule has 2 aromatic heterocycles. The molecule has 2 N–H and O–H groups in total. The first-order valence-electron chi connectivity index (χ1n) is 6.19. The van der Waals surface area contributed by atoms with E-state index in [-0.39, 0.29) is 6.04 Å². The average molecular weight is 260 g/mol. The van der Waals surface area contributed by atoms with Gasteiger partial charge in [-0.25, -0.2) is 9.97 Å². The van der Waals surface area contributed by atoms with Crippen LogP contribution >= 0.6 is 11.3 Å². The number of hydrogen-bond donors (Lipinski definition) is 1. The van der Waals surface area contributed by atoms with Crippen LogP contribution in [-0.4, -0.2) is 29.1 Å². The Balaban J connectivity index is 1.78. The predicted octanol–water partition coefficient (Wildman–Crippen LogP) is 2.13. The van der Waals surface area contributed by atoms with Gasteiger partial charge in [-0.05, 0) is 24.3 Å². The van der Waals surface area contributed by atoms with Crippen LogP contribution in [0.15, 0.2) is 29.9 Å². The Kier molecular flexibility index (Phi) is 3.25. The Labute approximate surface area is 110 Å². The monoisotopic (exact) mass is 260 g/mol. The molecule has 94 valence electrons. The van der Waals surface area contributed by atoms with Gasteiger partial charge in [-0.2, -0.15) is 0 Å². The van der Waals surface area contributed by atoms with E-state index in [0.29, 0.717) is 0 Å². The summed E-state index contributed by atoms with van der Waals surface area (Å²) < 4.78 is 0. The van der Waals surface area contributed by atoms with Crippen molar-refractivity contribution in [3.05, 3.63) is 29.9 Å².